The van der Waals surface area contributed by atoms with Crippen LogP contribution in [-0.2, 0) is 20.2 Å². The van der Waals surface area contributed by atoms with Gasteiger partial charge in [-0.25, -0.2) is 13.8 Å². The van der Waals surface area contributed by atoms with E-state index in [1.807, 2.05) is 39.8 Å². The van der Waals surface area contributed by atoms with Gasteiger partial charge in [-0.2, -0.15) is 5.10 Å². The molecule has 0 aromatic heterocycles. The van der Waals surface area contributed by atoms with Crippen LogP contribution in [0.15, 0.2) is 29.4 Å². The number of amides is 1. The number of hydrogen-bond acceptors (Lipinski definition) is 4. The van der Waals surface area contributed by atoms with Gasteiger partial charge in [0, 0.05) is 11.1 Å². The van der Waals surface area contributed by atoms with Crippen LogP contribution in [0.25, 0.3) is 0 Å². The number of nitrogens with one attached hydrogen (secondary N) is 1. The van der Waals surface area contributed by atoms with E-state index < -0.39 is 15.9 Å². The number of rotatable bonds is 6. The largest absolute Gasteiger partial charge is 0.271 e. The van der Waals surface area contributed by atoms with Gasteiger partial charge in [-0.3, -0.25) is 9.10 Å². The molecule has 4 aliphatic rings. The molecule has 0 atom stereocenters. The first-order chi connectivity index (χ1) is 14.9. The monoisotopic (exact) mass is 459 g/mol. The zero-order valence-electron chi connectivity index (χ0n) is 20.0. The van der Waals surface area contributed by atoms with Crippen molar-refractivity contribution in [3.8, 4) is 0 Å². The van der Waals surface area contributed by atoms with Crippen molar-refractivity contribution in [2.45, 2.75) is 71.6 Å². The first-order valence-electron chi connectivity index (χ1n) is 11.8. The number of hydrogen-bond donors (Lipinski definition) is 1. The van der Waals surface area contributed by atoms with Gasteiger partial charge >= 0.3 is 0 Å². The molecule has 176 valence electrons. The second-order valence-corrected chi connectivity index (χ2v) is 13.4. The van der Waals surface area contributed by atoms with Crippen LogP contribution in [-0.4, -0.2) is 32.8 Å². The molecule has 1 aromatic rings. The minimum absolute atomic E-state index is 0.170. The summed E-state index contributed by atoms with van der Waals surface area (Å²) in [4.78, 5) is 12.5. The van der Waals surface area contributed by atoms with Crippen molar-refractivity contribution in [1.29, 1.82) is 0 Å². The lowest BCUT2D eigenvalue weighted by molar-refractivity contribution is -0.119. The Kier molecular flexibility index (Phi) is 5.93. The van der Waals surface area contributed by atoms with Crippen LogP contribution >= 0.6 is 0 Å². The fraction of sp³-hybridized carbons (Fsp3) is 0.680. The van der Waals surface area contributed by atoms with E-state index in [4.69, 9.17) is 0 Å². The zero-order valence-corrected chi connectivity index (χ0v) is 20.8. The van der Waals surface area contributed by atoms with E-state index >= 15 is 0 Å². The summed E-state index contributed by atoms with van der Waals surface area (Å²) in [6.45, 7) is 7.57. The average molecular weight is 460 g/mol. The second-order valence-electron chi connectivity index (χ2n) is 11.5. The molecule has 32 heavy (non-hydrogen) atoms. The van der Waals surface area contributed by atoms with Crippen LogP contribution in [0, 0.1) is 23.2 Å². The number of nitrogens with zero attached hydrogens (tertiary/aromatic N) is 2. The highest BCUT2D eigenvalue weighted by atomic mass is 32.2. The third-order valence-electron chi connectivity index (χ3n) is 7.93. The molecular formula is C25H37N3O3S. The zero-order chi connectivity index (χ0) is 23.3. The Morgan fingerprint density at radius 1 is 1.06 bits per heavy atom. The van der Waals surface area contributed by atoms with Crippen LogP contribution in [0.5, 0.6) is 0 Å². The van der Waals surface area contributed by atoms with Crippen molar-refractivity contribution < 1.29 is 13.2 Å². The molecule has 1 N–H and O–H groups in total. The Labute approximate surface area is 192 Å². The van der Waals surface area contributed by atoms with Gasteiger partial charge in [0.1, 0.15) is 6.54 Å². The van der Waals surface area contributed by atoms with Gasteiger partial charge in [-0.05, 0) is 86.3 Å². The van der Waals surface area contributed by atoms with E-state index in [1.54, 1.807) is 0 Å². The lowest BCUT2D eigenvalue weighted by atomic mass is 9.48. The minimum Gasteiger partial charge on any atom is -0.271 e. The number of carbonyl (C=O) groups excluding carboxylic acids is 1. The Hall–Kier alpha value is -1.89. The first-order valence-corrected chi connectivity index (χ1v) is 13.6. The Morgan fingerprint density at radius 2 is 1.56 bits per heavy atom. The molecule has 4 saturated carbocycles. The van der Waals surface area contributed by atoms with E-state index in [9.17, 15) is 13.2 Å². The highest BCUT2D eigenvalue weighted by molar-refractivity contribution is 7.92. The maximum atomic E-state index is 12.5. The summed E-state index contributed by atoms with van der Waals surface area (Å²) in [5, 5.41) is 4.14. The molecule has 0 saturated heterocycles. The Balaban J connectivity index is 1.51. The standard InChI is InChI=1S/C25H37N3O3S/c1-17(24(2,3)4)26-27-23(29)16-28(32(5,30)31)22-8-6-21(7-9-22)25-13-18-10-19(14-25)12-20(11-18)15-25/h6-9,18-20H,10-16H2,1-5H3,(H,27,29). The molecule has 4 aliphatic carbocycles. The molecule has 0 aliphatic heterocycles. The second kappa shape index (κ2) is 8.15. The third kappa shape index (κ3) is 4.73. The number of hydrazone groups is 1. The van der Waals surface area contributed by atoms with Crippen molar-refractivity contribution in [1.82, 2.24) is 5.43 Å². The predicted molar refractivity (Wildman–Crippen MR) is 129 cm³/mol. The molecule has 4 bridgehead atoms. The SMILES string of the molecule is CC(=NNC(=O)CN(c1ccc(C23CC4CC(CC(C4)C2)C3)cc1)S(C)(=O)=O)C(C)(C)C. The van der Waals surface area contributed by atoms with Gasteiger partial charge in [-0.15, -0.1) is 0 Å². The van der Waals surface area contributed by atoms with Gasteiger partial charge in [0.15, 0.2) is 0 Å². The molecule has 0 spiro atoms. The molecule has 4 fully saturated rings. The van der Waals surface area contributed by atoms with Crippen molar-refractivity contribution in [2.24, 2.45) is 28.3 Å². The van der Waals surface area contributed by atoms with Crippen molar-refractivity contribution >= 4 is 27.3 Å². The summed E-state index contributed by atoms with van der Waals surface area (Å²) >= 11 is 0. The molecule has 0 heterocycles. The molecule has 6 nitrogen and oxygen atoms in total. The molecule has 0 radical (unpaired) electrons. The number of benzene rings is 1. The molecule has 1 aromatic carbocycles. The Bertz CT molecular complexity index is 971. The van der Waals surface area contributed by atoms with Crippen molar-refractivity contribution in [3.63, 3.8) is 0 Å². The quantitative estimate of drug-likeness (QED) is 0.504. The molecule has 0 unspecified atom stereocenters. The summed E-state index contributed by atoms with van der Waals surface area (Å²) in [6, 6.07) is 7.93. The van der Waals surface area contributed by atoms with Gasteiger partial charge in [0.05, 0.1) is 11.9 Å². The summed E-state index contributed by atoms with van der Waals surface area (Å²) in [6.07, 6.45) is 9.12. The summed E-state index contributed by atoms with van der Waals surface area (Å²) in [7, 11) is -3.61. The summed E-state index contributed by atoms with van der Waals surface area (Å²) in [5.41, 5.74) is 5.23. The van der Waals surface area contributed by atoms with Crippen LogP contribution in [0.3, 0.4) is 0 Å². The fourth-order valence-corrected chi connectivity index (χ4v) is 7.18. The van der Waals surface area contributed by atoms with Crippen molar-refractivity contribution in [2.75, 3.05) is 17.1 Å². The smallest absolute Gasteiger partial charge is 0.260 e. The predicted octanol–water partition coefficient (Wildman–Crippen LogP) is 4.46. The van der Waals surface area contributed by atoms with Gasteiger partial charge in [0.25, 0.3) is 5.91 Å². The maximum absolute atomic E-state index is 12.5. The number of carbonyl (C=O) groups is 1. The fourth-order valence-electron chi connectivity index (χ4n) is 6.33. The third-order valence-corrected chi connectivity index (χ3v) is 9.07. The Morgan fingerprint density at radius 3 is 2.00 bits per heavy atom. The van der Waals surface area contributed by atoms with Crippen LogP contribution < -0.4 is 9.73 Å². The van der Waals surface area contributed by atoms with Crippen LogP contribution in [0.1, 0.15) is 71.8 Å². The lowest BCUT2D eigenvalue weighted by Gasteiger charge is -2.57. The van der Waals surface area contributed by atoms with Gasteiger partial charge in [-0.1, -0.05) is 32.9 Å². The van der Waals surface area contributed by atoms with Crippen molar-refractivity contribution in [3.05, 3.63) is 29.8 Å². The highest BCUT2D eigenvalue weighted by Crippen LogP contribution is 2.60. The maximum Gasteiger partial charge on any atom is 0.260 e. The summed E-state index contributed by atoms with van der Waals surface area (Å²) < 4.78 is 26.1. The first kappa shape index (κ1) is 23.3. The normalized spacial score (nSPS) is 29.8. The molecular weight excluding hydrogens is 422 g/mol. The lowest BCUT2D eigenvalue weighted by Crippen LogP contribution is -2.48. The van der Waals surface area contributed by atoms with Crippen LogP contribution in [0.2, 0.25) is 0 Å². The number of anilines is 1. The number of sulfonamides is 1. The topological polar surface area (TPSA) is 78.8 Å². The highest BCUT2D eigenvalue weighted by Gasteiger charge is 2.51. The van der Waals surface area contributed by atoms with E-state index in [0.29, 0.717) is 5.69 Å². The summed E-state index contributed by atoms with van der Waals surface area (Å²) in [5.74, 6) is 2.11. The van der Waals surface area contributed by atoms with E-state index in [2.05, 4.69) is 22.7 Å². The van der Waals surface area contributed by atoms with E-state index in [0.717, 1.165) is 34.0 Å². The molecule has 5 rings (SSSR count). The minimum atomic E-state index is -3.61. The van der Waals surface area contributed by atoms with Crippen LogP contribution in [0.4, 0.5) is 5.69 Å². The van der Waals surface area contributed by atoms with E-state index in [1.165, 1.54) is 44.1 Å². The van der Waals surface area contributed by atoms with Gasteiger partial charge < -0.3 is 0 Å². The molecule has 7 heteroatoms. The molecule has 1 amide bonds. The average Bonchev–Trinajstić information content (AvgIpc) is 2.68. The van der Waals surface area contributed by atoms with Gasteiger partial charge in [0.2, 0.25) is 10.0 Å². The van der Waals surface area contributed by atoms with E-state index in [-0.39, 0.29) is 17.4 Å².